The first kappa shape index (κ1) is 15.1. The van der Waals surface area contributed by atoms with Crippen molar-refractivity contribution in [2.45, 2.75) is 24.9 Å². The number of halogens is 1. The Balaban J connectivity index is 1.87. The summed E-state index contributed by atoms with van der Waals surface area (Å²) in [5.74, 6) is 1.13. The second kappa shape index (κ2) is 5.44. The maximum atomic E-state index is 12.5. The highest BCUT2D eigenvalue weighted by atomic mass is 35.5. The van der Waals surface area contributed by atoms with Gasteiger partial charge in [-0.1, -0.05) is 16.8 Å². The van der Waals surface area contributed by atoms with E-state index < -0.39 is 15.1 Å². The van der Waals surface area contributed by atoms with Gasteiger partial charge in [-0.2, -0.15) is 4.98 Å². The summed E-state index contributed by atoms with van der Waals surface area (Å²) in [6, 6.07) is 3.16. The number of hydrogen-bond donors (Lipinski definition) is 0. The Bertz CT molecular complexity index is 818. The van der Waals surface area contributed by atoms with E-state index in [2.05, 4.69) is 10.1 Å². The fourth-order valence-corrected chi connectivity index (χ4v) is 3.67. The fraction of sp³-hybridized carbons (Fsp3) is 0.385. The molecule has 0 radical (unpaired) electrons. The van der Waals surface area contributed by atoms with Crippen molar-refractivity contribution >= 4 is 21.4 Å². The number of nitrogens with zero attached hydrogens (tertiary/aromatic N) is 2. The van der Waals surface area contributed by atoms with Crippen LogP contribution in [0.2, 0.25) is 5.02 Å². The van der Waals surface area contributed by atoms with E-state index in [1.165, 1.54) is 6.92 Å². The molecule has 0 fully saturated rings. The third-order valence-corrected chi connectivity index (χ3v) is 5.58. The number of benzene rings is 1. The summed E-state index contributed by atoms with van der Waals surface area (Å²) in [5, 5.41) is 3.03. The highest BCUT2D eigenvalue weighted by Crippen LogP contribution is 2.40. The van der Waals surface area contributed by atoms with Gasteiger partial charge in [-0.15, -0.1) is 0 Å². The van der Waals surface area contributed by atoms with Gasteiger partial charge in [0.2, 0.25) is 12.7 Å². The second-order valence-electron chi connectivity index (χ2n) is 4.94. The van der Waals surface area contributed by atoms with Crippen LogP contribution in [0.3, 0.4) is 0 Å². The van der Waals surface area contributed by atoms with Gasteiger partial charge >= 0.3 is 0 Å². The van der Waals surface area contributed by atoms with Crippen molar-refractivity contribution in [3.8, 4) is 11.5 Å². The highest BCUT2D eigenvalue weighted by Gasteiger charge is 2.29. The molecule has 1 aromatic heterocycles. The van der Waals surface area contributed by atoms with Crippen molar-refractivity contribution in [2.24, 2.45) is 0 Å². The van der Waals surface area contributed by atoms with Crippen LogP contribution in [0.1, 0.15) is 29.5 Å². The molecule has 1 unspecified atom stereocenters. The van der Waals surface area contributed by atoms with E-state index >= 15 is 0 Å². The Morgan fingerprint density at radius 1 is 1.36 bits per heavy atom. The standard InChI is InChI=1S/C13H13ClN2O5S/c1-7(13-15-8(2)16-21-13)22(17,18)5-9-3-10(14)12-11(4-9)19-6-20-12/h3-4,7H,5-6H2,1-2H3. The topological polar surface area (TPSA) is 91.5 Å². The molecule has 0 saturated heterocycles. The highest BCUT2D eigenvalue weighted by molar-refractivity contribution is 7.90. The first-order valence-corrected chi connectivity index (χ1v) is 8.56. The first-order chi connectivity index (χ1) is 10.4. The monoisotopic (exact) mass is 344 g/mol. The van der Waals surface area contributed by atoms with Crippen LogP contribution in [0.5, 0.6) is 11.5 Å². The van der Waals surface area contributed by atoms with Crippen molar-refractivity contribution in [3.05, 3.63) is 34.4 Å². The van der Waals surface area contributed by atoms with Crippen molar-refractivity contribution in [1.29, 1.82) is 0 Å². The molecule has 0 aliphatic carbocycles. The van der Waals surface area contributed by atoms with Crippen LogP contribution < -0.4 is 9.47 Å². The normalized spacial score (nSPS) is 15.0. The SMILES string of the molecule is Cc1noc(C(C)S(=O)(=O)Cc2cc(Cl)c3c(c2)OCO3)n1. The molecule has 1 aliphatic heterocycles. The lowest BCUT2D eigenvalue weighted by atomic mass is 10.2. The fourth-order valence-electron chi connectivity index (χ4n) is 2.09. The molecule has 22 heavy (non-hydrogen) atoms. The summed E-state index contributed by atoms with van der Waals surface area (Å²) < 4.78 is 40.3. The minimum atomic E-state index is -3.54. The van der Waals surface area contributed by atoms with E-state index in [0.29, 0.717) is 27.9 Å². The van der Waals surface area contributed by atoms with Gasteiger partial charge in [-0.3, -0.25) is 0 Å². The Hall–Kier alpha value is -1.80. The van der Waals surface area contributed by atoms with Gasteiger partial charge in [0.05, 0.1) is 10.8 Å². The van der Waals surface area contributed by atoms with E-state index in [9.17, 15) is 8.42 Å². The molecule has 0 saturated carbocycles. The van der Waals surface area contributed by atoms with Gasteiger partial charge in [0, 0.05) is 0 Å². The predicted molar refractivity (Wildman–Crippen MR) is 77.6 cm³/mol. The third kappa shape index (κ3) is 2.76. The molecular formula is C13H13ClN2O5S. The van der Waals surface area contributed by atoms with Crippen LogP contribution in [-0.4, -0.2) is 25.4 Å². The average molecular weight is 345 g/mol. The lowest BCUT2D eigenvalue weighted by Gasteiger charge is -2.10. The van der Waals surface area contributed by atoms with Gasteiger partial charge in [0.15, 0.2) is 27.2 Å². The summed E-state index contributed by atoms with van der Waals surface area (Å²) in [6.07, 6.45) is 0. The van der Waals surface area contributed by atoms with Crippen LogP contribution in [0, 0.1) is 6.92 Å². The minimum Gasteiger partial charge on any atom is -0.454 e. The largest absolute Gasteiger partial charge is 0.454 e. The molecule has 0 spiro atoms. The Labute approximate surface area is 132 Å². The molecule has 0 bridgehead atoms. The number of aryl methyl sites for hydroxylation is 1. The predicted octanol–water partition coefficient (Wildman–Crippen LogP) is 2.44. The Kier molecular flexibility index (Phi) is 3.73. The van der Waals surface area contributed by atoms with Gasteiger partial charge in [-0.25, -0.2) is 8.42 Å². The first-order valence-electron chi connectivity index (χ1n) is 6.46. The zero-order valence-corrected chi connectivity index (χ0v) is 13.4. The van der Waals surface area contributed by atoms with E-state index in [1.807, 2.05) is 0 Å². The third-order valence-electron chi connectivity index (χ3n) is 3.28. The maximum Gasteiger partial charge on any atom is 0.244 e. The molecule has 2 aromatic rings. The molecule has 0 amide bonds. The minimum absolute atomic E-state index is 0.0723. The Morgan fingerprint density at radius 3 is 2.82 bits per heavy atom. The zero-order valence-electron chi connectivity index (χ0n) is 11.9. The molecule has 1 aromatic carbocycles. The lowest BCUT2D eigenvalue weighted by Crippen LogP contribution is -2.13. The molecule has 1 atom stereocenters. The molecule has 2 heterocycles. The van der Waals surface area contributed by atoms with Crippen LogP contribution >= 0.6 is 11.6 Å². The summed E-state index contributed by atoms with van der Waals surface area (Å²) in [4.78, 5) is 3.97. The maximum absolute atomic E-state index is 12.5. The van der Waals surface area contributed by atoms with Crippen molar-refractivity contribution < 1.29 is 22.4 Å². The van der Waals surface area contributed by atoms with E-state index in [4.69, 9.17) is 25.6 Å². The lowest BCUT2D eigenvalue weighted by molar-refractivity contribution is 0.174. The molecule has 0 N–H and O–H groups in total. The average Bonchev–Trinajstić information content (AvgIpc) is 3.06. The summed E-state index contributed by atoms with van der Waals surface area (Å²) in [7, 11) is -3.54. The molecule has 9 heteroatoms. The van der Waals surface area contributed by atoms with Crippen molar-refractivity contribution in [2.75, 3.05) is 6.79 Å². The number of fused-ring (bicyclic) bond motifs is 1. The molecular weight excluding hydrogens is 332 g/mol. The summed E-state index contributed by atoms with van der Waals surface area (Å²) in [5.41, 5.74) is 0.511. The number of ether oxygens (including phenoxy) is 2. The van der Waals surface area contributed by atoms with E-state index in [-0.39, 0.29) is 18.4 Å². The van der Waals surface area contributed by atoms with Crippen LogP contribution in [-0.2, 0) is 15.6 Å². The summed E-state index contributed by atoms with van der Waals surface area (Å²) >= 11 is 6.06. The number of aromatic nitrogens is 2. The molecule has 1 aliphatic rings. The number of hydrogen-bond acceptors (Lipinski definition) is 7. The summed E-state index contributed by atoms with van der Waals surface area (Å²) in [6.45, 7) is 3.21. The zero-order chi connectivity index (χ0) is 15.9. The van der Waals surface area contributed by atoms with Crippen molar-refractivity contribution in [1.82, 2.24) is 10.1 Å². The number of rotatable bonds is 4. The molecule has 7 nitrogen and oxygen atoms in total. The molecule has 3 rings (SSSR count). The van der Waals surface area contributed by atoms with Gasteiger partial charge in [-0.05, 0) is 31.5 Å². The number of sulfone groups is 1. The van der Waals surface area contributed by atoms with Gasteiger partial charge in [0.1, 0.15) is 5.25 Å². The smallest absolute Gasteiger partial charge is 0.244 e. The molecule has 118 valence electrons. The van der Waals surface area contributed by atoms with Crippen LogP contribution in [0.25, 0.3) is 0 Å². The van der Waals surface area contributed by atoms with Crippen LogP contribution in [0.4, 0.5) is 0 Å². The second-order valence-corrected chi connectivity index (χ2v) is 7.67. The van der Waals surface area contributed by atoms with E-state index in [1.54, 1.807) is 19.1 Å². The van der Waals surface area contributed by atoms with Crippen molar-refractivity contribution in [3.63, 3.8) is 0 Å². The van der Waals surface area contributed by atoms with Gasteiger partial charge in [0.25, 0.3) is 0 Å². The van der Waals surface area contributed by atoms with Gasteiger partial charge < -0.3 is 14.0 Å². The Morgan fingerprint density at radius 2 is 2.14 bits per heavy atom. The quantitative estimate of drug-likeness (QED) is 0.841. The van der Waals surface area contributed by atoms with Crippen LogP contribution in [0.15, 0.2) is 16.7 Å². The van der Waals surface area contributed by atoms with E-state index in [0.717, 1.165) is 0 Å².